The third kappa shape index (κ3) is 5.77. The molecular weight excluding hydrogens is 252 g/mol. The third-order valence-electron chi connectivity index (χ3n) is 2.56. The molecule has 0 N–H and O–H groups in total. The van der Waals surface area contributed by atoms with Gasteiger partial charge in [-0.25, -0.2) is 0 Å². The second-order valence-corrected chi connectivity index (χ2v) is 5.22. The van der Waals surface area contributed by atoms with Gasteiger partial charge >= 0.3 is 0 Å². The Bertz CT molecular complexity index is 479. The number of ether oxygens (including phenoxy) is 1. The predicted molar refractivity (Wildman–Crippen MR) is 83.5 cm³/mol. The van der Waals surface area contributed by atoms with Crippen LogP contribution in [0.25, 0.3) is 6.08 Å². The van der Waals surface area contributed by atoms with Crippen LogP contribution in [0, 0.1) is 0 Å². The Hall–Kier alpha value is -1.51. The van der Waals surface area contributed by atoms with Gasteiger partial charge in [-0.05, 0) is 17.7 Å². The topological polar surface area (TPSA) is 9.23 Å². The fourth-order valence-electron chi connectivity index (χ4n) is 1.63. The van der Waals surface area contributed by atoms with Gasteiger partial charge in [-0.15, -0.1) is 11.8 Å². The van der Waals surface area contributed by atoms with Gasteiger partial charge in [0.25, 0.3) is 0 Å². The van der Waals surface area contributed by atoms with Crippen molar-refractivity contribution in [2.75, 3.05) is 19.0 Å². The van der Waals surface area contributed by atoms with Crippen molar-refractivity contribution in [2.24, 2.45) is 0 Å². The number of hydrogen-bond donors (Lipinski definition) is 0. The lowest BCUT2D eigenvalue weighted by atomic mass is 10.2. The summed E-state index contributed by atoms with van der Waals surface area (Å²) in [5.41, 5.74) is 1.21. The highest BCUT2D eigenvalue weighted by molar-refractivity contribution is 7.99. The van der Waals surface area contributed by atoms with Crippen LogP contribution in [0.1, 0.15) is 5.56 Å². The number of rotatable bonds is 7. The van der Waals surface area contributed by atoms with Crippen LogP contribution in [0.3, 0.4) is 0 Å². The maximum Gasteiger partial charge on any atom is 0.0651 e. The highest BCUT2D eigenvalue weighted by Gasteiger charge is 1.91. The average Bonchev–Trinajstić information content (AvgIpc) is 2.48. The second kappa shape index (κ2) is 8.57. The Morgan fingerprint density at radius 3 is 2.32 bits per heavy atom. The van der Waals surface area contributed by atoms with Crippen LogP contribution in [-0.4, -0.2) is 19.0 Å². The standard InChI is InChI=1S/C17H18OS/c1-3-8-16(9-4-1)10-7-13-18-14-15-19-17-11-5-2-6-12-17/h1-12H,13-15H2. The highest BCUT2D eigenvalue weighted by atomic mass is 32.2. The van der Waals surface area contributed by atoms with E-state index in [1.54, 1.807) is 0 Å². The zero-order valence-electron chi connectivity index (χ0n) is 10.9. The molecule has 2 heteroatoms. The molecule has 19 heavy (non-hydrogen) atoms. The Morgan fingerprint density at radius 1 is 0.895 bits per heavy atom. The average molecular weight is 270 g/mol. The van der Waals surface area contributed by atoms with Crippen molar-refractivity contribution in [1.29, 1.82) is 0 Å². The molecule has 0 aliphatic carbocycles. The molecule has 0 atom stereocenters. The largest absolute Gasteiger partial charge is 0.377 e. The normalized spacial score (nSPS) is 10.9. The van der Waals surface area contributed by atoms with Gasteiger partial charge in [0.05, 0.1) is 13.2 Å². The molecule has 0 fully saturated rings. The summed E-state index contributed by atoms with van der Waals surface area (Å²) < 4.78 is 5.57. The first kappa shape index (κ1) is 13.9. The van der Waals surface area contributed by atoms with Gasteiger partial charge < -0.3 is 4.74 Å². The summed E-state index contributed by atoms with van der Waals surface area (Å²) in [5, 5.41) is 0. The monoisotopic (exact) mass is 270 g/mol. The quantitative estimate of drug-likeness (QED) is 0.541. The lowest BCUT2D eigenvalue weighted by Gasteiger charge is -2.01. The van der Waals surface area contributed by atoms with Gasteiger partial charge in [0.15, 0.2) is 0 Å². The second-order valence-electron chi connectivity index (χ2n) is 4.05. The molecule has 0 aliphatic heterocycles. The van der Waals surface area contributed by atoms with Crippen molar-refractivity contribution in [2.45, 2.75) is 4.90 Å². The van der Waals surface area contributed by atoms with Gasteiger partial charge in [0.1, 0.15) is 0 Å². The Morgan fingerprint density at radius 2 is 1.58 bits per heavy atom. The summed E-state index contributed by atoms with van der Waals surface area (Å²) in [6.07, 6.45) is 4.15. The smallest absolute Gasteiger partial charge is 0.0651 e. The summed E-state index contributed by atoms with van der Waals surface area (Å²) in [4.78, 5) is 1.30. The van der Waals surface area contributed by atoms with Crippen molar-refractivity contribution < 1.29 is 4.74 Å². The third-order valence-corrected chi connectivity index (χ3v) is 3.54. The van der Waals surface area contributed by atoms with E-state index < -0.39 is 0 Å². The Labute approximate surface area is 119 Å². The summed E-state index contributed by atoms with van der Waals surface area (Å²) in [6, 6.07) is 20.7. The minimum atomic E-state index is 0.671. The number of benzene rings is 2. The van der Waals surface area contributed by atoms with E-state index in [4.69, 9.17) is 4.74 Å². The van der Waals surface area contributed by atoms with Crippen molar-refractivity contribution >= 4 is 17.8 Å². The van der Waals surface area contributed by atoms with Crippen LogP contribution < -0.4 is 0 Å². The van der Waals surface area contributed by atoms with E-state index in [0.29, 0.717) is 6.61 Å². The van der Waals surface area contributed by atoms with Crippen LogP contribution in [-0.2, 0) is 4.74 Å². The molecule has 0 saturated carbocycles. The van der Waals surface area contributed by atoms with E-state index in [-0.39, 0.29) is 0 Å². The summed E-state index contributed by atoms with van der Waals surface area (Å²) in [5.74, 6) is 0.989. The van der Waals surface area contributed by atoms with E-state index in [1.807, 2.05) is 36.0 Å². The molecule has 0 unspecified atom stereocenters. The molecule has 2 rings (SSSR count). The van der Waals surface area contributed by atoms with E-state index in [9.17, 15) is 0 Å². The lowest BCUT2D eigenvalue weighted by molar-refractivity contribution is 0.181. The molecule has 0 amide bonds. The van der Waals surface area contributed by atoms with Gasteiger partial charge in [0.2, 0.25) is 0 Å². The van der Waals surface area contributed by atoms with Crippen molar-refractivity contribution in [3.05, 3.63) is 72.3 Å². The highest BCUT2D eigenvalue weighted by Crippen LogP contribution is 2.16. The predicted octanol–water partition coefficient (Wildman–Crippen LogP) is 4.51. The molecule has 0 aliphatic rings. The molecule has 0 saturated heterocycles. The molecule has 0 spiro atoms. The van der Waals surface area contributed by atoms with E-state index in [1.165, 1.54) is 10.5 Å². The molecule has 2 aromatic carbocycles. The van der Waals surface area contributed by atoms with Crippen LogP contribution in [0.2, 0.25) is 0 Å². The minimum Gasteiger partial charge on any atom is -0.377 e. The van der Waals surface area contributed by atoms with Crippen LogP contribution >= 0.6 is 11.8 Å². The Kier molecular flexibility index (Phi) is 6.27. The fourth-order valence-corrected chi connectivity index (χ4v) is 2.42. The number of hydrogen-bond acceptors (Lipinski definition) is 2. The molecular formula is C17H18OS. The lowest BCUT2D eigenvalue weighted by Crippen LogP contribution is -1.96. The van der Waals surface area contributed by atoms with Crippen LogP contribution in [0.4, 0.5) is 0 Å². The molecule has 2 aromatic rings. The number of thioether (sulfide) groups is 1. The molecule has 0 aromatic heterocycles. The zero-order chi connectivity index (χ0) is 13.2. The first-order valence-corrected chi connectivity index (χ1v) is 7.41. The summed E-state index contributed by atoms with van der Waals surface area (Å²) in [7, 11) is 0. The van der Waals surface area contributed by atoms with Gasteiger partial charge in [-0.2, -0.15) is 0 Å². The van der Waals surface area contributed by atoms with Crippen molar-refractivity contribution in [3.8, 4) is 0 Å². The molecule has 0 bridgehead atoms. The first-order valence-electron chi connectivity index (χ1n) is 6.42. The maximum atomic E-state index is 5.57. The van der Waals surface area contributed by atoms with Gasteiger partial charge in [-0.3, -0.25) is 0 Å². The van der Waals surface area contributed by atoms with Crippen molar-refractivity contribution in [1.82, 2.24) is 0 Å². The van der Waals surface area contributed by atoms with E-state index in [0.717, 1.165) is 12.4 Å². The summed E-state index contributed by atoms with van der Waals surface area (Å²) >= 11 is 1.83. The fraction of sp³-hybridized carbons (Fsp3) is 0.176. The maximum absolute atomic E-state index is 5.57. The SMILES string of the molecule is C(=Cc1ccccc1)COCCSc1ccccc1. The molecule has 98 valence electrons. The van der Waals surface area contributed by atoms with Gasteiger partial charge in [-0.1, -0.05) is 60.7 Å². The Balaban J connectivity index is 1.56. The molecule has 0 radical (unpaired) electrons. The van der Waals surface area contributed by atoms with Crippen LogP contribution in [0.5, 0.6) is 0 Å². The van der Waals surface area contributed by atoms with E-state index in [2.05, 4.69) is 48.6 Å². The van der Waals surface area contributed by atoms with Crippen molar-refractivity contribution in [3.63, 3.8) is 0 Å². The van der Waals surface area contributed by atoms with Crippen LogP contribution in [0.15, 0.2) is 71.6 Å². The molecule has 1 nitrogen and oxygen atoms in total. The summed E-state index contributed by atoms with van der Waals surface area (Å²) in [6.45, 7) is 1.45. The molecule has 0 heterocycles. The first-order chi connectivity index (χ1) is 9.45. The van der Waals surface area contributed by atoms with Gasteiger partial charge in [0, 0.05) is 10.6 Å². The zero-order valence-corrected chi connectivity index (χ0v) is 11.7. The van der Waals surface area contributed by atoms with E-state index >= 15 is 0 Å². The minimum absolute atomic E-state index is 0.671.